The topological polar surface area (TPSA) is 17.1 Å². The first-order chi connectivity index (χ1) is 19.8. The molecule has 0 amide bonds. The van der Waals surface area contributed by atoms with E-state index in [-0.39, 0.29) is 5.78 Å². The summed E-state index contributed by atoms with van der Waals surface area (Å²) in [6.07, 6.45) is 0. The summed E-state index contributed by atoms with van der Waals surface area (Å²) in [4.78, 5) is 14.3. The predicted octanol–water partition coefficient (Wildman–Crippen LogP) is 9.59. The van der Waals surface area contributed by atoms with Crippen LogP contribution >= 0.6 is 0 Å². The molecule has 0 radical (unpaired) electrons. The third-order valence-corrected chi connectivity index (χ3v) is 8.20. The van der Waals surface area contributed by atoms with E-state index in [2.05, 4.69) is 109 Å². The zero-order valence-corrected chi connectivity index (χ0v) is 21.8. The van der Waals surface area contributed by atoms with Crippen molar-refractivity contribution in [1.29, 1.82) is 0 Å². The molecule has 186 valence electrons. The normalized spacial score (nSPS) is 13.8. The Bertz CT molecular complexity index is 1870. The van der Waals surface area contributed by atoms with E-state index in [0.717, 1.165) is 44.5 Å². The van der Waals surface area contributed by atoms with Crippen LogP contribution in [0.4, 0.5) is 0 Å². The second-order valence-electron chi connectivity index (χ2n) is 10.4. The van der Waals surface area contributed by atoms with Gasteiger partial charge < -0.3 is 0 Å². The van der Waals surface area contributed by atoms with Gasteiger partial charge in [-0.15, -0.1) is 0 Å². The molecule has 0 fully saturated rings. The van der Waals surface area contributed by atoms with Crippen molar-refractivity contribution >= 4 is 38.8 Å². The average Bonchev–Trinajstić information content (AvgIpc) is 3.51. The van der Waals surface area contributed by atoms with E-state index in [1.165, 1.54) is 33.0 Å². The molecule has 1 heteroatoms. The molecule has 0 saturated heterocycles. The van der Waals surface area contributed by atoms with Crippen molar-refractivity contribution < 1.29 is 4.79 Å². The van der Waals surface area contributed by atoms with Gasteiger partial charge in [-0.05, 0) is 55.3 Å². The number of hydrogen-bond donors (Lipinski definition) is 0. The molecule has 2 aliphatic carbocycles. The number of rotatable bonds is 4. The minimum Gasteiger partial charge on any atom is -0.289 e. The van der Waals surface area contributed by atoms with Gasteiger partial charge in [0.15, 0.2) is 5.78 Å². The van der Waals surface area contributed by atoms with Gasteiger partial charge in [-0.1, -0.05) is 146 Å². The van der Waals surface area contributed by atoms with Crippen LogP contribution in [0.3, 0.4) is 0 Å². The summed E-state index contributed by atoms with van der Waals surface area (Å²) >= 11 is 0. The van der Waals surface area contributed by atoms with Crippen LogP contribution in [0.15, 0.2) is 146 Å². The standard InChI is InChI=1S/C39H24O/c40-39-33(27-17-9-3-10-18-27)37-31-23-21-29(25-13-5-1-6-14-25)35-30(26-15-7-2-8-16-26)22-24-32(36(31)35)38(37)34(39)28-19-11-4-12-20-28/h1-24H. The summed E-state index contributed by atoms with van der Waals surface area (Å²) < 4.78 is 0. The molecule has 1 nitrogen and oxygen atoms in total. The maximum Gasteiger partial charge on any atom is 0.195 e. The molecule has 0 saturated carbocycles. The highest BCUT2D eigenvalue weighted by Gasteiger charge is 2.40. The monoisotopic (exact) mass is 508 g/mol. The Kier molecular flexibility index (Phi) is 5.05. The molecule has 8 rings (SSSR count). The average molecular weight is 509 g/mol. The number of benzene rings is 6. The number of carbonyl (C=O) groups is 1. The molecule has 0 spiro atoms. The highest BCUT2D eigenvalue weighted by Crippen LogP contribution is 2.58. The van der Waals surface area contributed by atoms with Crippen molar-refractivity contribution in [2.45, 2.75) is 0 Å². The van der Waals surface area contributed by atoms with Crippen molar-refractivity contribution in [3.8, 4) is 22.3 Å². The Morgan fingerprint density at radius 3 is 0.950 bits per heavy atom. The smallest absolute Gasteiger partial charge is 0.195 e. The van der Waals surface area contributed by atoms with Crippen LogP contribution in [0.5, 0.6) is 0 Å². The van der Waals surface area contributed by atoms with Crippen molar-refractivity contribution in [3.05, 3.63) is 168 Å². The van der Waals surface area contributed by atoms with Gasteiger partial charge in [-0.2, -0.15) is 0 Å². The van der Waals surface area contributed by atoms with Crippen LogP contribution in [0.25, 0.3) is 55.3 Å². The van der Waals surface area contributed by atoms with E-state index in [4.69, 9.17) is 0 Å². The van der Waals surface area contributed by atoms with Gasteiger partial charge in [0, 0.05) is 22.3 Å². The van der Waals surface area contributed by atoms with Gasteiger partial charge in [0.05, 0.1) is 0 Å². The Hall–Kier alpha value is -5.27. The second-order valence-corrected chi connectivity index (χ2v) is 10.4. The summed E-state index contributed by atoms with van der Waals surface area (Å²) in [5, 5.41) is 2.45. The number of allylic oxidation sites excluding steroid dienone is 4. The molecule has 0 bridgehead atoms. The van der Waals surface area contributed by atoms with Crippen LogP contribution < -0.4 is 0 Å². The molecular weight excluding hydrogens is 484 g/mol. The summed E-state index contributed by atoms with van der Waals surface area (Å²) in [6, 6.07) is 50.5. The third-order valence-electron chi connectivity index (χ3n) is 8.20. The number of carbonyl (C=O) groups excluding carboxylic acids is 1. The highest BCUT2D eigenvalue weighted by atomic mass is 16.1. The largest absolute Gasteiger partial charge is 0.289 e. The van der Waals surface area contributed by atoms with Gasteiger partial charge in [-0.3, -0.25) is 4.79 Å². The van der Waals surface area contributed by atoms with Crippen LogP contribution in [0.1, 0.15) is 22.3 Å². The number of fused-ring (bicyclic) bond motifs is 3. The van der Waals surface area contributed by atoms with Crippen LogP contribution in [0.2, 0.25) is 0 Å². The molecule has 0 aromatic heterocycles. The first kappa shape index (κ1) is 22.7. The molecule has 2 aliphatic rings. The minimum absolute atomic E-state index is 0.0977. The van der Waals surface area contributed by atoms with Gasteiger partial charge in [0.2, 0.25) is 0 Å². The van der Waals surface area contributed by atoms with Crippen molar-refractivity contribution in [1.82, 2.24) is 0 Å². The van der Waals surface area contributed by atoms with Crippen LogP contribution in [0, 0.1) is 0 Å². The van der Waals surface area contributed by atoms with Crippen molar-refractivity contribution in [2.75, 3.05) is 0 Å². The lowest BCUT2D eigenvalue weighted by atomic mass is 9.87. The quantitative estimate of drug-likeness (QED) is 0.232. The molecule has 0 aliphatic heterocycles. The SMILES string of the molecule is O=C1C(c2ccccc2)=C2C(=C1c1ccccc1)c1ccc(-c3ccccc3)c3c(-c4ccccc4)ccc2c13. The fourth-order valence-electron chi connectivity index (χ4n) is 6.53. The molecule has 0 N–H and O–H groups in total. The lowest BCUT2D eigenvalue weighted by Gasteiger charge is -2.16. The van der Waals surface area contributed by atoms with Crippen LogP contribution in [-0.2, 0) is 4.79 Å². The fourth-order valence-corrected chi connectivity index (χ4v) is 6.53. The Morgan fingerprint density at radius 2 is 0.575 bits per heavy atom. The molecular formula is C39H24O. The number of ketones is 1. The van der Waals surface area contributed by atoms with E-state index in [9.17, 15) is 4.79 Å². The zero-order chi connectivity index (χ0) is 26.6. The van der Waals surface area contributed by atoms with Crippen LogP contribution in [-0.4, -0.2) is 5.78 Å². The molecule has 0 heterocycles. The first-order valence-corrected chi connectivity index (χ1v) is 13.7. The van der Waals surface area contributed by atoms with E-state index in [0.29, 0.717) is 0 Å². The Morgan fingerprint density at radius 1 is 0.275 bits per heavy atom. The van der Waals surface area contributed by atoms with E-state index < -0.39 is 0 Å². The Labute approximate surface area is 233 Å². The maximum absolute atomic E-state index is 14.3. The predicted molar refractivity (Wildman–Crippen MR) is 166 cm³/mol. The third kappa shape index (κ3) is 3.25. The first-order valence-electron chi connectivity index (χ1n) is 13.7. The molecule has 6 aromatic rings. The molecule has 6 aromatic carbocycles. The number of Topliss-reactive ketones (excluding diaryl/α,β-unsaturated/α-hetero) is 1. The van der Waals surface area contributed by atoms with E-state index >= 15 is 0 Å². The van der Waals surface area contributed by atoms with Gasteiger partial charge >= 0.3 is 0 Å². The molecule has 0 unspecified atom stereocenters. The van der Waals surface area contributed by atoms with Gasteiger partial charge in [0.25, 0.3) is 0 Å². The van der Waals surface area contributed by atoms with Crippen molar-refractivity contribution in [2.24, 2.45) is 0 Å². The lowest BCUT2D eigenvalue weighted by molar-refractivity contribution is -0.108. The summed E-state index contributed by atoms with van der Waals surface area (Å²) in [5.74, 6) is 0.0977. The summed E-state index contributed by atoms with van der Waals surface area (Å²) in [7, 11) is 0. The zero-order valence-electron chi connectivity index (χ0n) is 21.8. The maximum atomic E-state index is 14.3. The van der Waals surface area contributed by atoms with E-state index in [1.807, 2.05) is 36.4 Å². The summed E-state index contributed by atoms with van der Waals surface area (Å²) in [5.41, 5.74) is 12.7. The molecule has 0 atom stereocenters. The Balaban J connectivity index is 1.54. The highest BCUT2D eigenvalue weighted by molar-refractivity contribution is 6.61. The second kappa shape index (κ2) is 8.90. The molecule has 40 heavy (non-hydrogen) atoms. The van der Waals surface area contributed by atoms with Gasteiger partial charge in [0.1, 0.15) is 0 Å². The number of hydrogen-bond acceptors (Lipinski definition) is 1. The van der Waals surface area contributed by atoms with Gasteiger partial charge in [-0.25, -0.2) is 0 Å². The minimum atomic E-state index is 0.0977. The van der Waals surface area contributed by atoms with Crippen molar-refractivity contribution in [3.63, 3.8) is 0 Å². The summed E-state index contributed by atoms with van der Waals surface area (Å²) in [6.45, 7) is 0. The fraction of sp³-hybridized carbons (Fsp3) is 0. The lowest BCUT2D eigenvalue weighted by Crippen LogP contribution is -2.02. The van der Waals surface area contributed by atoms with E-state index in [1.54, 1.807) is 0 Å².